The van der Waals surface area contributed by atoms with Crippen LogP contribution in [0.1, 0.15) is 69.1 Å². The van der Waals surface area contributed by atoms with E-state index in [1.807, 2.05) is 24.3 Å². The summed E-state index contributed by atoms with van der Waals surface area (Å²) in [6.07, 6.45) is 1.79. The van der Waals surface area contributed by atoms with Gasteiger partial charge in [0.1, 0.15) is 0 Å². The summed E-state index contributed by atoms with van der Waals surface area (Å²) in [7, 11) is 0. The molecule has 1 aliphatic rings. The van der Waals surface area contributed by atoms with Crippen LogP contribution in [0.3, 0.4) is 0 Å². The Hall–Kier alpha value is -3.59. The molecule has 1 aliphatic carbocycles. The highest BCUT2D eigenvalue weighted by molar-refractivity contribution is 5.94. The highest BCUT2D eigenvalue weighted by atomic mass is 16.1. The molecule has 0 aliphatic heterocycles. The number of nitrogens with two attached hydrogens (primary N) is 3. The summed E-state index contributed by atoms with van der Waals surface area (Å²) in [5.41, 5.74) is 21.6. The fourth-order valence-corrected chi connectivity index (χ4v) is 4.64. The van der Waals surface area contributed by atoms with E-state index < -0.39 is 17.2 Å². The van der Waals surface area contributed by atoms with Crippen LogP contribution in [-0.4, -0.2) is 38.5 Å². The van der Waals surface area contributed by atoms with Gasteiger partial charge >= 0.3 is 0 Å². The summed E-state index contributed by atoms with van der Waals surface area (Å²) >= 11 is 0. The molecule has 9 heteroatoms. The normalized spacial score (nSPS) is 15.5. The van der Waals surface area contributed by atoms with Crippen molar-refractivity contribution in [2.24, 2.45) is 23.1 Å². The first kappa shape index (κ1) is 21.6. The lowest BCUT2D eigenvalue weighted by Crippen LogP contribution is -2.41. The standard InChI is InChI=1S/C23H27N7O2/c1-12(2)19(24)11-23(22-27-29-30-28-22)17-7-5-15(20(25)31)9-13(17)3-4-14-10-16(21(26)32)6-8-18(14)23/h5-10,12,19H,3-4,11,24H2,1-2H3,(H2,25,31)(H2,26,32)(H,27,28,29,30)/t19-/m1/s1. The minimum absolute atomic E-state index is 0.182. The lowest BCUT2D eigenvalue weighted by Gasteiger charge is -2.37. The van der Waals surface area contributed by atoms with Gasteiger partial charge in [0.2, 0.25) is 11.8 Å². The number of rotatable bonds is 6. The summed E-state index contributed by atoms with van der Waals surface area (Å²) in [5.74, 6) is -0.301. The first-order chi connectivity index (χ1) is 15.2. The van der Waals surface area contributed by atoms with Gasteiger partial charge in [-0.05, 0) is 71.7 Å². The third-order valence-corrected chi connectivity index (χ3v) is 6.49. The van der Waals surface area contributed by atoms with E-state index in [0.717, 1.165) is 22.3 Å². The molecule has 32 heavy (non-hydrogen) atoms. The Bertz CT molecular complexity index is 1110. The molecule has 0 radical (unpaired) electrons. The molecule has 9 nitrogen and oxygen atoms in total. The van der Waals surface area contributed by atoms with Gasteiger partial charge in [-0.3, -0.25) is 9.59 Å². The zero-order chi connectivity index (χ0) is 23.0. The maximum Gasteiger partial charge on any atom is 0.248 e. The van der Waals surface area contributed by atoms with E-state index in [0.29, 0.717) is 36.2 Å². The van der Waals surface area contributed by atoms with Crippen molar-refractivity contribution in [3.63, 3.8) is 0 Å². The van der Waals surface area contributed by atoms with Crippen molar-refractivity contribution in [2.45, 2.75) is 44.6 Å². The van der Waals surface area contributed by atoms with E-state index in [9.17, 15) is 9.59 Å². The Morgan fingerprint density at radius 2 is 1.53 bits per heavy atom. The van der Waals surface area contributed by atoms with Gasteiger partial charge in [-0.15, -0.1) is 10.2 Å². The predicted molar refractivity (Wildman–Crippen MR) is 119 cm³/mol. The Morgan fingerprint density at radius 3 is 1.94 bits per heavy atom. The van der Waals surface area contributed by atoms with E-state index in [2.05, 4.69) is 34.5 Å². The van der Waals surface area contributed by atoms with Crippen LogP contribution < -0.4 is 17.2 Å². The number of fused-ring (bicyclic) bond motifs is 2. The number of carbonyl (C=O) groups excluding carboxylic acids is 2. The number of carbonyl (C=O) groups is 2. The van der Waals surface area contributed by atoms with Crippen LogP contribution in [0.4, 0.5) is 0 Å². The fraction of sp³-hybridized carbons (Fsp3) is 0.348. The van der Waals surface area contributed by atoms with Gasteiger partial charge in [0.05, 0.1) is 5.41 Å². The Labute approximate surface area is 185 Å². The van der Waals surface area contributed by atoms with Gasteiger partial charge in [-0.1, -0.05) is 31.2 Å². The summed E-state index contributed by atoms with van der Waals surface area (Å²) in [4.78, 5) is 23.8. The van der Waals surface area contributed by atoms with Crippen LogP contribution in [0.5, 0.6) is 0 Å². The quantitative estimate of drug-likeness (QED) is 0.456. The van der Waals surface area contributed by atoms with Crippen molar-refractivity contribution in [3.8, 4) is 0 Å². The number of nitrogens with zero attached hydrogens (tertiary/aromatic N) is 3. The number of nitrogens with one attached hydrogen (secondary N) is 1. The monoisotopic (exact) mass is 433 g/mol. The van der Waals surface area contributed by atoms with Crippen molar-refractivity contribution >= 4 is 11.8 Å². The fourth-order valence-electron chi connectivity index (χ4n) is 4.64. The topological polar surface area (TPSA) is 167 Å². The zero-order valence-electron chi connectivity index (χ0n) is 18.1. The van der Waals surface area contributed by atoms with Crippen molar-refractivity contribution < 1.29 is 9.59 Å². The van der Waals surface area contributed by atoms with Crippen molar-refractivity contribution in [1.29, 1.82) is 0 Å². The number of H-pyrrole nitrogens is 1. The molecule has 2 aromatic carbocycles. The summed E-state index contributed by atoms with van der Waals surface area (Å²) in [5, 5.41) is 15.2. The van der Waals surface area contributed by atoms with E-state index in [1.54, 1.807) is 12.1 Å². The number of aromatic nitrogens is 4. The van der Waals surface area contributed by atoms with E-state index >= 15 is 0 Å². The summed E-state index contributed by atoms with van der Waals surface area (Å²) in [6, 6.07) is 10.7. The van der Waals surface area contributed by atoms with Gasteiger partial charge in [-0.25, -0.2) is 0 Å². The molecule has 1 atom stereocenters. The number of benzene rings is 2. The molecule has 0 unspecified atom stereocenters. The van der Waals surface area contributed by atoms with Crippen molar-refractivity contribution in [2.75, 3.05) is 0 Å². The average Bonchev–Trinajstić information content (AvgIpc) is 3.26. The second-order valence-electron chi connectivity index (χ2n) is 8.73. The third kappa shape index (κ3) is 3.54. The number of aryl methyl sites for hydroxylation is 2. The van der Waals surface area contributed by atoms with Crippen LogP contribution in [0.15, 0.2) is 36.4 Å². The van der Waals surface area contributed by atoms with E-state index in [-0.39, 0.29) is 12.0 Å². The second kappa shape index (κ2) is 8.16. The molecule has 4 rings (SSSR count). The Balaban J connectivity index is 2.06. The molecule has 0 spiro atoms. The molecular formula is C23H27N7O2. The number of hydrogen-bond acceptors (Lipinski definition) is 6. The highest BCUT2D eigenvalue weighted by Gasteiger charge is 2.46. The number of aromatic amines is 1. The third-order valence-electron chi connectivity index (χ3n) is 6.49. The highest BCUT2D eigenvalue weighted by Crippen LogP contribution is 2.47. The van der Waals surface area contributed by atoms with E-state index in [1.165, 1.54) is 0 Å². The molecule has 7 N–H and O–H groups in total. The summed E-state index contributed by atoms with van der Waals surface area (Å²) < 4.78 is 0. The molecule has 0 saturated heterocycles. The lowest BCUT2D eigenvalue weighted by atomic mass is 9.66. The number of primary amides is 2. The maximum atomic E-state index is 11.9. The molecular weight excluding hydrogens is 406 g/mol. The molecule has 3 aromatic rings. The molecule has 0 bridgehead atoms. The molecule has 166 valence electrons. The van der Waals surface area contributed by atoms with Crippen molar-refractivity contribution in [3.05, 3.63) is 75.6 Å². The maximum absolute atomic E-state index is 11.9. The molecule has 0 saturated carbocycles. The molecule has 1 aromatic heterocycles. The SMILES string of the molecule is CC(C)[C@H](N)CC1(c2nn[nH]n2)c2ccc(C(N)=O)cc2CCc2cc(C(N)=O)ccc21. The van der Waals surface area contributed by atoms with Crippen LogP contribution in [0.25, 0.3) is 0 Å². The molecule has 1 heterocycles. The van der Waals surface area contributed by atoms with Gasteiger partial charge in [0.25, 0.3) is 0 Å². The summed E-state index contributed by atoms with van der Waals surface area (Å²) in [6.45, 7) is 4.14. The second-order valence-corrected chi connectivity index (χ2v) is 8.73. The number of tetrazole rings is 1. The van der Waals surface area contributed by atoms with Crippen LogP contribution in [0.2, 0.25) is 0 Å². The first-order valence-electron chi connectivity index (χ1n) is 10.6. The first-order valence-corrected chi connectivity index (χ1v) is 10.6. The molecule has 2 amide bonds. The molecule has 0 fully saturated rings. The Kier molecular flexibility index (Phi) is 5.52. The van der Waals surface area contributed by atoms with Gasteiger partial charge in [0, 0.05) is 17.2 Å². The predicted octanol–water partition coefficient (Wildman–Crippen LogP) is 1.20. The zero-order valence-corrected chi connectivity index (χ0v) is 18.1. The smallest absolute Gasteiger partial charge is 0.248 e. The lowest BCUT2D eigenvalue weighted by molar-refractivity contribution is 0.0991. The minimum Gasteiger partial charge on any atom is -0.366 e. The van der Waals surface area contributed by atoms with Crippen LogP contribution in [-0.2, 0) is 18.3 Å². The van der Waals surface area contributed by atoms with Crippen LogP contribution in [0, 0.1) is 5.92 Å². The largest absolute Gasteiger partial charge is 0.366 e. The minimum atomic E-state index is -0.829. The van der Waals surface area contributed by atoms with Gasteiger partial charge < -0.3 is 17.2 Å². The number of hydrogen-bond donors (Lipinski definition) is 4. The van der Waals surface area contributed by atoms with Gasteiger partial charge in [0.15, 0.2) is 5.82 Å². The van der Waals surface area contributed by atoms with Gasteiger partial charge in [-0.2, -0.15) is 5.21 Å². The average molecular weight is 434 g/mol. The van der Waals surface area contributed by atoms with E-state index in [4.69, 9.17) is 17.2 Å². The van der Waals surface area contributed by atoms with Crippen molar-refractivity contribution in [1.82, 2.24) is 20.6 Å². The Morgan fingerprint density at radius 1 is 1.00 bits per heavy atom. The van der Waals surface area contributed by atoms with Crippen LogP contribution >= 0.6 is 0 Å². The number of amides is 2.